The lowest BCUT2D eigenvalue weighted by molar-refractivity contribution is -0.139. The monoisotopic (exact) mass is 393 g/mol. The molecular weight excluding hydrogens is 366 g/mol. The molecule has 1 unspecified atom stereocenters. The molecule has 0 N–H and O–H groups in total. The second-order valence-electron chi connectivity index (χ2n) is 8.91. The highest BCUT2D eigenvalue weighted by atomic mass is 16.2. The molecule has 2 aromatic rings. The third-order valence-electron chi connectivity index (χ3n) is 6.67. The summed E-state index contributed by atoms with van der Waals surface area (Å²) >= 11 is 0. The van der Waals surface area contributed by atoms with Crippen molar-refractivity contribution in [3.05, 3.63) is 42.5 Å². The second-order valence-corrected chi connectivity index (χ2v) is 8.91. The van der Waals surface area contributed by atoms with E-state index in [1.165, 1.54) is 19.2 Å². The largest absolute Gasteiger partial charge is 0.342 e. The topological polar surface area (TPSA) is 71.3 Å². The van der Waals surface area contributed by atoms with Crippen LogP contribution < -0.4 is 0 Å². The molecule has 1 saturated carbocycles. The number of amides is 2. The summed E-state index contributed by atoms with van der Waals surface area (Å²) in [7, 11) is 0. The smallest absolute Gasteiger partial charge is 0.256 e. The van der Waals surface area contributed by atoms with Gasteiger partial charge in [-0.1, -0.05) is 12.1 Å². The normalized spacial score (nSPS) is 24.9. The van der Waals surface area contributed by atoms with Crippen molar-refractivity contribution in [3.63, 3.8) is 0 Å². The highest BCUT2D eigenvalue weighted by Crippen LogP contribution is 2.41. The number of hydrogen-bond donors (Lipinski definition) is 0. The first-order valence-electron chi connectivity index (χ1n) is 10.6. The Kier molecular flexibility index (Phi) is 4.60. The number of likely N-dealkylation sites (tertiary alicyclic amines) is 2. The Hall–Kier alpha value is -2.70. The molecule has 1 aromatic carbocycles. The third kappa shape index (κ3) is 3.66. The molecule has 7 heteroatoms. The van der Waals surface area contributed by atoms with Crippen molar-refractivity contribution in [2.24, 2.45) is 11.3 Å². The van der Waals surface area contributed by atoms with Crippen molar-refractivity contribution in [2.75, 3.05) is 26.2 Å². The number of aromatic nitrogens is 3. The number of benzene rings is 1. The van der Waals surface area contributed by atoms with Crippen LogP contribution in [-0.2, 0) is 4.79 Å². The SMILES string of the molecule is O=C1CCC2(CCCN(C(=O)c3ccccc3-n3cncn3)C2)CN1CC1CC1. The average molecular weight is 393 g/mol. The number of para-hydroxylation sites is 1. The van der Waals surface area contributed by atoms with Crippen molar-refractivity contribution >= 4 is 11.8 Å². The van der Waals surface area contributed by atoms with Crippen molar-refractivity contribution in [2.45, 2.75) is 38.5 Å². The lowest BCUT2D eigenvalue weighted by Crippen LogP contribution is -2.55. The molecule has 3 fully saturated rings. The summed E-state index contributed by atoms with van der Waals surface area (Å²) in [6.45, 7) is 3.20. The van der Waals surface area contributed by atoms with Gasteiger partial charge in [0.05, 0.1) is 11.3 Å². The van der Waals surface area contributed by atoms with Crippen LogP contribution in [0.25, 0.3) is 5.69 Å². The summed E-state index contributed by atoms with van der Waals surface area (Å²) in [4.78, 5) is 34.0. The fraction of sp³-hybridized carbons (Fsp3) is 0.545. The van der Waals surface area contributed by atoms with Crippen LogP contribution in [0.5, 0.6) is 0 Å². The fourth-order valence-electron chi connectivity index (χ4n) is 4.95. The Morgan fingerprint density at radius 2 is 2.03 bits per heavy atom. The van der Waals surface area contributed by atoms with Crippen LogP contribution >= 0.6 is 0 Å². The zero-order valence-corrected chi connectivity index (χ0v) is 16.7. The van der Waals surface area contributed by atoms with Crippen molar-refractivity contribution < 1.29 is 9.59 Å². The van der Waals surface area contributed by atoms with Gasteiger partial charge >= 0.3 is 0 Å². The first-order valence-corrected chi connectivity index (χ1v) is 10.6. The molecule has 2 saturated heterocycles. The molecule has 2 aliphatic heterocycles. The Bertz CT molecular complexity index is 908. The van der Waals surface area contributed by atoms with E-state index in [9.17, 15) is 9.59 Å². The van der Waals surface area contributed by atoms with Gasteiger partial charge < -0.3 is 9.80 Å². The Balaban J connectivity index is 1.36. The van der Waals surface area contributed by atoms with Gasteiger partial charge in [0.15, 0.2) is 0 Å². The van der Waals surface area contributed by atoms with Crippen molar-refractivity contribution in [1.29, 1.82) is 0 Å². The fourth-order valence-corrected chi connectivity index (χ4v) is 4.95. The summed E-state index contributed by atoms with van der Waals surface area (Å²) in [6, 6.07) is 7.57. The van der Waals surface area contributed by atoms with Gasteiger partial charge in [-0.05, 0) is 50.2 Å². The van der Waals surface area contributed by atoms with Gasteiger partial charge in [-0.25, -0.2) is 9.67 Å². The maximum atomic E-state index is 13.5. The molecule has 3 heterocycles. The van der Waals surface area contributed by atoms with Crippen LogP contribution in [0.4, 0.5) is 0 Å². The van der Waals surface area contributed by atoms with Crippen molar-refractivity contribution in [1.82, 2.24) is 24.6 Å². The predicted octanol–water partition coefficient (Wildman–Crippen LogP) is 2.52. The van der Waals surface area contributed by atoms with Gasteiger partial charge in [-0.15, -0.1) is 0 Å². The molecule has 7 nitrogen and oxygen atoms in total. The van der Waals surface area contributed by atoms with Crippen molar-refractivity contribution in [3.8, 4) is 5.69 Å². The van der Waals surface area contributed by atoms with Gasteiger partial charge in [0.2, 0.25) is 5.91 Å². The summed E-state index contributed by atoms with van der Waals surface area (Å²) in [5.41, 5.74) is 1.44. The number of hydrogen-bond acceptors (Lipinski definition) is 4. The zero-order chi connectivity index (χ0) is 19.8. The quantitative estimate of drug-likeness (QED) is 0.800. The summed E-state index contributed by atoms with van der Waals surface area (Å²) in [6.07, 6.45) is 9.18. The van der Waals surface area contributed by atoms with E-state index in [2.05, 4.69) is 15.0 Å². The van der Waals surface area contributed by atoms with E-state index in [-0.39, 0.29) is 11.3 Å². The van der Waals surface area contributed by atoms with Crippen LogP contribution in [-0.4, -0.2) is 62.6 Å². The molecule has 1 aromatic heterocycles. The zero-order valence-electron chi connectivity index (χ0n) is 16.7. The van der Waals surface area contributed by atoms with E-state index in [0.29, 0.717) is 23.8 Å². The van der Waals surface area contributed by atoms with Gasteiger partial charge in [0.1, 0.15) is 12.7 Å². The van der Waals surface area contributed by atoms with Gasteiger partial charge in [0, 0.05) is 38.0 Å². The Labute approximate surface area is 170 Å². The minimum Gasteiger partial charge on any atom is -0.342 e. The van der Waals surface area contributed by atoms with Crippen LogP contribution in [0.15, 0.2) is 36.9 Å². The number of rotatable bonds is 4. The van der Waals surface area contributed by atoms with E-state index in [4.69, 9.17) is 0 Å². The van der Waals surface area contributed by atoms with E-state index in [1.54, 1.807) is 11.0 Å². The minimum atomic E-state index is 0.0406. The summed E-state index contributed by atoms with van der Waals surface area (Å²) in [5, 5.41) is 4.20. The number of carbonyl (C=O) groups excluding carboxylic acids is 2. The van der Waals surface area contributed by atoms with Crippen LogP contribution in [0.3, 0.4) is 0 Å². The Morgan fingerprint density at radius 1 is 1.17 bits per heavy atom. The average Bonchev–Trinajstić information content (AvgIpc) is 3.39. The van der Waals surface area contributed by atoms with Gasteiger partial charge in [-0.2, -0.15) is 5.10 Å². The van der Waals surface area contributed by atoms with Gasteiger partial charge in [0.25, 0.3) is 5.91 Å². The van der Waals surface area contributed by atoms with E-state index in [1.807, 2.05) is 29.2 Å². The summed E-state index contributed by atoms with van der Waals surface area (Å²) < 4.78 is 1.64. The van der Waals surface area contributed by atoms with Crippen LogP contribution in [0.2, 0.25) is 0 Å². The predicted molar refractivity (Wildman–Crippen MR) is 107 cm³/mol. The second kappa shape index (κ2) is 7.28. The van der Waals surface area contributed by atoms with E-state index in [0.717, 1.165) is 51.1 Å². The molecule has 0 radical (unpaired) electrons. The lowest BCUT2D eigenvalue weighted by Gasteiger charge is -2.48. The number of nitrogens with zero attached hydrogens (tertiary/aromatic N) is 5. The van der Waals surface area contributed by atoms with Crippen LogP contribution in [0, 0.1) is 11.3 Å². The Morgan fingerprint density at radius 3 is 2.83 bits per heavy atom. The first kappa shape index (κ1) is 18.3. The van der Waals surface area contributed by atoms with Gasteiger partial charge in [-0.3, -0.25) is 9.59 Å². The number of carbonyl (C=O) groups is 2. The van der Waals surface area contributed by atoms with E-state index < -0.39 is 0 Å². The summed E-state index contributed by atoms with van der Waals surface area (Å²) in [5.74, 6) is 1.04. The molecule has 29 heavy (non-hydrogen) atoms. The van der Waals surface area contributed by atoms with E-state index >= 15 is 0 Å². The molecular formula is C22H27N5O2. The maximum absolute atomic E-state index is 13.5. The standard InChI is InChI=1S/C22H27N5O2/c28-20-8-10-22(14-26(20)12-17-6-7-17)9-3-11-25(13-22)21(29)18-4-1-2-5-19(18)27-16-23-15-24-27/h1-2,4-5,15-17H,3,6-14H2. The molecule has 1 atom stereocenters. The molecule has 5 rings (SSSR count). The third-order valence-corrected chi connectivity index (χ3v) is 6.67. The highest BCUT2D eigenvalue weighted by molar-refractivity contribution is 5.97. The molecule has 1 aliphatic carbocycles. The molecule has 3 aliphatic rings. The maximum Gasteiger partial charge on any atom is 0.256 e. The molecule has 2 amide bonds. The number of piperidine rings is 2. The highest BCUT2D eigenvalue weighted by Gasteiger charge is 2.44. The lowest BCUT2D eigenvalue weighted by atomic mass is 9.73. The van der Waals surface area contributed by atoms with Crippen LogP contribution in [0.1, 0.15) is 48.9 Å². The molecule has 0 bridgehead atoms. The minimum absolute atomic E-state index is 0.0406. The first-order chi connectivity index (χ1) is 14.1. The molecule has 1 spiro atoms. The molecule has 152 valence electrons.